The molecule has 0 radical (unpaired) electrons. The summed E-state index contributed by atoms with van der Waals surface area (Å²) < 4.78 is 11.4. The van der Waals surface area contributed by atoms with Crippen LogP contribution >= 0.6 is 24.0 Å². The second-order valence-corrected chi connectivity index (χ2v) is 6.58. The van der Waals surface area contributed by atoms with E-state index in [1.165, 1.54) is 12.8 Å². The molecule has 3 rings (SSSR count). The van der Waals surface area contributed by atoms with Gasteiger partial charge in [0.1, 0.15) is 18.1 Å². The van der Waals surface area contributed by atoms with Crippen molar-refractivity contribution in [3.63, 3.8) is 0 Å². The Hall–Kier alpha value is -1.74. The number of furan rings is 1. The number of hydrogen-bond donors (Lipinski definition) is 2. The molecule has 2 heterocycles. The van der Waals surface area contributed by atoms with Crippen molar-refractivity contribution in [3.05, 3.63) is 54.5 Å². The number of guanidine groups is 1. The van der Waals surface area contributed by atoms with Crippen molar-refractivity contribution in [3.8, 4) is 5.75 Å². The molecule has 1 aromatic heterocycles. The molecule has 0 saturated carbocycles. The molecule has 0 amide bonds. The molecule has 1 unspecified atom stereocenters. The maximum absolute atomic E-state index is 5.73. The van der Waals surface area contributed by atoms with Crippen LogP contribution in [0.5, 0.6) is 5.75 Å². The van der Waals surface area contributed by atoms with E-state index < -0.39 is 0 Å². The number of benzene rings is 1. The highest BCUT2D eigenvalue weighted by atomic mass is 127. The Balaban J connectivity index is 0.00000280. The van der Waals surface area contributed by atoms with E-state index in [0.717, 1.165) is 37.1 Å². The molecule has 1 fully saturated rings. The summed E-state index contributed by atoms with van der Waals surface area (Å²) in [5, 5.41) is 6.65. The molecule has 0 bridgehead atoms. The van der Waals surface area contributed by atoms with Crippen LogP contribution in [0.15, 0.2) is 58.1 Å². The van der Waals surface area contributed by atoms with E-state index in [1.807, 2.05) is 42.5 Å². The molecule has 1 aromatic carbocycles. The Morgan fingerprint density at radius 2 is 1.93 bits per heavy atom. The number of nitrogens with one attached hydrogen (secondary N) is 2. The molecule has 2 N–H and O–H groups in total. The van der Waals surface area contributed by atoms with E-state index in [9.17, 15) is 0 Å². The summed E-state index contributed by atoms with van der Waals surface area (Å²) in [5.41, 5.74) is 0. The summed E-state index contributed by atoms with van der Waals surface area (Å²) >= 11 is 0. The van der Waals surface area contributed by atoms with Crippen LogP contribution in [0, 0.1) is 0 Å². The normalized spacial score (nSPS) is 15.7. The van der Waals surface area contributed by atoms with Gasteiger partial charge in [-0.15, -0.1) is 24.0 Å². The average molecular weight is 498 g/mol. The third-order valence-corrected chi connectivity index (χ3v) is 4.63. The van der Waals surface area contributed by atoms with Gasteiger partial charge in [-0.05, 0) is 57.1 Å². The van der Waals surface area contributed by atoms with Gasteiger partial charge in [0, 0.05) is 6.54 Å². The van der Waals surface area contributed by atoms with Crippen molar-refractivity contribution in [2.45, 2.75) is 25.8 Å². The second kappa shape index (κ2) is 12.7. The summed E-state index contributed by atoms with van der Waals surface area (Å²) in [7, 11) is 0. The van der Waals surface area contributed by atoms with Gasteiger partial charge in [0.2, 0.25) is 0 Å². The van der Waals surface area contributed by atoms with Gasteiger partial charge in [-0.3, -0.25) is 9.89 Å². The SMILES string of the molecule is CCNC(=NCC(c1ccco1)N1CCCC1)NCCOc1ccccc1.I. The molecule has 28 heavy (non-hydrogen) atoms. The van der Waals surface area contributed by atoms with Crippen molar-refractivity contribution < 1.29 is 9.15 Å². The van der Waals surface area contributed by atoms with E-state index in [-0.39, 0.29) is 30.0 Å². The van der Waals surface area contributed by atoms with E-state index in [2.05, 4.69) is 22.5 Å². The number of para-hydroxylation sites is 1. The molecule has 6 nitrogen and oxygen atoms in total. The first-order valence-corrected chi connectivity index (χ1v) is 9.84. The van der Waals surface area contributed by atoms with Crippen LogP contribution in [0.4, 0.5) is 0 Å². The van der Waals surface area contributed by atoms with E-state index in [0.29, 0.717) is 19.7 Å². The number of likely N-dealkylation sites (tertiary alicyclic amines) is 1. The Morgan fingerprint density at radius 1 is 1.14 bits per heavy atom. The first kappa shape index (κ1) is 22.5. The molecule has 154 valence electrons. The lowest BCUT2D eigenvalue weighted by molar-refractivity contribution is 0.221. The van der Waals surface area contributed by atoms with E-state index >= 15 is 0 Å². The van der Waals surface area contributed by atoms with Crippen LogP contribution < -0.4 is 15.4 Å². The molecular weight excluding hydrogens is 467 g/mol. The van der Waals surface area contributed by atoms with Crippen LogP contribution in [0.1, 0.15) is 31.6 Å². The molecule has 2 aromatic rings. The monoisotopic (exact) mass is 498 g/mol. The van der Waals surface area contributed by atoms with Crippen LogP contribution in [0.25, 0.3) is 0 Å². The molecule has 7 heteroatoms. The van der Waals surface area contributed by atoms with Crippen molar-refractivity contribution >= 4 is 29.9 Å². The quantitative estimate of drug-likeness (QED) is 0.239. The number of hydrogen-bond acceptors (Lipinski definition) is 4. The maximum Gasteiger partial charge on any atom is 0.191 e. The van der Waals surface area contributed by atoms with Gasteiger partial charge in [-0.25, -0.2) is 0 Å². The highest BCUT2D eigenvalue weighted by molar-refractivity contribution is 14.0. The summed E-state index contributed by atoms with van der Waals surface area (Å²) in [6.07, 6.45) is 4.23. The van der Waals surface area contributed by atoms with Crippen molar-refractivity contribution in [2.75, 3.05) is 39.3 Å². The molecule has 1 aliphatic heterocycles. The van der Waals surface area contributed by atoms with E-state index in [1.54, 1.807) is 6.26 Å². The minimum Gasteiger partial charge on any atom is -0.492 e. The Kier molecular flexibility index (Phi) is 10.2. The number of nitrogens with zero attached hydrogens (tertiary/aromatic N) is 2. The lowest BCUT2D eigenvalue weighted by Gasteiger charge is -2.24. The Bertz CT molecular complexity index is 673. The van der Waals surface area contributed by atoms with Gasteiger partial charge in [0.15, 0.2) is 5.96 Å². The van der Waals surface area contributed by atoms with Crippen LogP contribution in [0.2, 0.25) is 0 Å². The first-order valence-electron chi connectivity index (χ1n) is 9.84. The summed E-state index contributed by atoms with van der Waals surface area (Å²) in [6.45, 7) is 7.05. The molecular formula is C21H31IN4O2. The van der Waals surface area contributed by atoms with Crippen molar-refractivity contribution in [1.82, 2.24) is 15.5 Å². The molecule has 0 aliphatic carbocycles. The van der Waals surface area contributed by atoms with Gasteiger partial charge in [-0.1, -0.05) is 18.2 Å². The highest BCUT2D eigenvalue weighted by Gasteiger charge is 2.25. The third kappa shape index (κ3) is 7.01. The standard InChI is InChI=1S/C21H30N4O2.HI/c1-2-22-21(23-12-16-26-18-9-4-3-5-10-18)24-17-19(20-11-8-15-27-20)25-13-6-7-14-25;/h3-5,8-11,15,19H,2,6-7,12-14,16-17H2,1H3,(H2,22,23,24);1H. The molecule has 1 saturated heterocycles. The topological polar surface area (TPSA) is 62.0 Å². The largest absolute Gasteiger partial charge is 0.492 e. The van der Waals surface area contributed by atoms with Crippen LogP contribution in [-0.4, -0.2) is 50.2 Å². The number of aliphatic imine (C=N–C) groups is 1. The zero-order chi connectivity index (χ0) is 18.7. The van der Waals surface area contributed by atoms with Gasteiger partial charge in [0.05, 0.1) is 25.4 Å². The summed E-state index contributed by atoms with van der Waals surface area (Å²) in [6, 6.07) is 14.0. The Morgan fingerprint density at radius 3 is 2.61 bits per heavy atom. The zero-order valence-electron chi connectivity index (χ0n) is 16.5. The Labute approximate surface area is 184 Å². The van der Waals surface area contributed by atoms with Gasteiger partial charge >= 0.3 is 0 Å². The first-order chi connectivity index (χ1) is 13.4. The molecule has 1 atom stereocenters. The summed E-state index contributed by atoms with van der Waals surface area (Å²) in [5.74, 6) is 2.68. The van der Waals surface area contributed by atoms with Crippen molar-refractivity contribution in [1.29, 1.82) is 0 Å². The van der Waals surface area contributed by atoms with Gasteiger partial charge in [0.25, 0.3) is 0 Å². The molecule has 1 aliphatic rings. The highest BCUT2D eigenvalue weighted by Crippen LogP contribution is 2.25. The maximum atomic E-state index is 5.73. The average Bonchev–Trinajstić information content (AvgIpc) is 3.41. The lowest BCUT2D eigenvalue weighted by Crippen LogP contribution is -2.40. The summed E-state index contributed by atoms with van der Waals surface area (Å²) in [4.78, 5) is 7.26. The lowest BCUT2D eigenvalue weighted by atomic mass is 10.2. The fourth-order valence-electron chi connectivity index (χ4n) is 3.29. The zero-order valence-corrected chi connectivity index (χ0v) is 18.8. The number of ether oxygens (including phenoxy) is 1. The minimum atomic E-state index is 0. The fourth-order valence-corrected chi connectivity index (χ4v) is 3.29. The van der Waals surface area contributed by atoms with Crippen molar-refractivity contribution in [2.24, 2.45) is 4.99 Å². The van der Waals surface area contributed by atoms with Gasteiger partial charge in [-0.2, -0.15) is 0 Å². The molecule has 0 spiro atoms. The van der Waals surface area contributed by atoms with Crippen LogP contribution in [0.3, 0.4) is 0 Å². The predicted octanol–water partition coefficient (Wildman–Crippen LogP) is 3.67. The van der Waals surface area contributed by atoms with Gasteiger partial charge < -0.3 is 19.8 Å². The minimum absolute atomic E-state index is 0. The predicted molar refractivity (Wildman–Crippen MR) is 124 cm³/mol. The van der Waals surface area contributed by atoms with E-state index in [4.69, 9.17) is 14.1 Å². The number of halogens is 1. The fraction of sp³-hybridized carbons (Fsp3) is 0.476. The van der Waals surface area contributed by atoms with Crippen LogP contribution in [-0.2, 0) is 0 Å². The second-order valence-electron chi connectivity index (χ2n) is 6.58. The third-order valence-electron chi connectivity index (χ3n) is 4.63. The smallest absolute Gasteiger partial charge is 0.191 e. The number of rotatable bonds is 9.